The van der Waals surface area contributed by atoms with E-state index in [1.54, 1.807) is 24.3 Å². The third-order valence-corrected chi connectivity index (χ3v) is 3.62. The van der Waals surface area contributed by atoms with Crippen LogP contribution in [0.4, 0.5) is 0 Å². The van der Waals surface area contributed by atoms with Crippen LogP contribution in [0.3, 0.4) is 0 Å². The van der Waals surface area contributed by atoms with E-state index < -0.39 is 36.7 Å². The molecule has 1 aromatic rings. The maximum atomic E-state index is 12.2. The molecule has 0 aliphatic carbocycles. The highest BCUT2D eigenvalue weighted by Crippen LogP contribution is 2.28. The number of hydrogen-bond acceptors (Lipinski definition) is 6. The quantitative estimate of drug-likeness (QED) is 0.767. The zero-order valence-corrected chi connectivity index (χ0v) is 12.9. The van der Waals surface area contributed by atoms with Crippen molar-refractivity contribution in [1.82, 2.24) is 0 Å². The van der Waals surface area contributed by atoms with Crippen LogP contribution in [0.1, 0.15) is 10.4 Å². The van der Waals surface area contributed by atoms with Gasteiger partial charge in [-0.25, -0.2) is 4.79 Å². The normalized spacial score (nSPS) is 31.7. The van der Waals surface area contributed by atoms with Crippen LogP contribution in [-0.4, -0.2) is 58.0 Å². The van der Waals surface area contributed by atoms with Crippen molar-refractivity contribution in [2.45, 2.75) is 30.7 Å². The van der Waals surface area contributed by atoms with Gasteiger partial charge >= 0.3 is 5.97 Å². The van der Waals surface area contributed by atoms with Crippen LogP contribution in [0.25, 0.3) is 0 Å². The van der Waals surface area contributed by atoms with E-state index in [1.807, 2.05) is 6.07 Å². The van der Waals surface area contributed by atoms with Gasteiger partial charge < -0.3 is 23.7 Å². The van der Waals surface area contributed by atoms with E-state index in [0.29, 0.717) is 5.56 Å². The van der Waals surface area contributed by atoms with Gasteiger partial charge in [-0.05, 0) is 19.1 Å². The Morgan fingerprint density at radius 3 is 2.18 bits per heavy atom. The maximum absolute atomic E-state index is 12.2. The van der Waals surface area contributed by atoms with E-state index in [4.69, 9.17) is 23.7 Å². The molecule has 1 fully saturated rings. The Hall–Kier alpha value is -1.47. The van der Waals surface area contributed by atoms with E-state index >= 15 is 0 Å². The summed E-state index contributed by atoms with van der Waals surface area (Å²) in [6.45, 7) is 3.88. The summed E-state index contributed by atoms with van der Waals surface area (Å²) in [6, 6.07) is 8.72. The fourth-order valence-electron chi connectivity index (χ4n) is 2.49. The summed E-state index contributed by atoms with van der Waals surface area (Å²) >= 11 is 0. The highest BCUT2D eigenvalue weighted by Gasteiger charge is 2.47. The summed E-state index contributed by atoms with van der Waals surface area (Å²) in [5.74, 6) is -0.462. The molecule has 0 amide bonds. The molecule has 1 radical (unpaired) electrons. The number of esters is 1. The van der Waals surface area contributed by atoms with Crippen molar-refractivity contribution < 1.29 is 28.5 Å². The second-order valence-electron chi connectivity index (χ2n) is 4.92. The van der Waals surface area contributed by atoms with Crippen molar-refractivity contribution in [2.24, 2.45) is 0 Å². The van der Waals surface area contributed by atoms with Gasteiger partial charge in [0.25, 0.3) is 0 Å². The molecule has 6 heteroatoms. The van der Waals surface area contributed by atoms with E-state index in [9.17, 15) is 4.79 Å². The smallest absolute Gasteiger partial charge is 0.338 e. The fourth-order valence-corrected chi connectivity index (χ4v) is 2.49. The Morgan fingerprint density at radius 2 is 1.64 bits per heavy atom. The summed E-state index contributed by atoms with van der Waals surface area (Å²) in [5, 5.41) is 0. The zero-order chi connectivity index (χ0) is 16.1. The zero-order valence-electron chi connectivity index (χ0n) is 12.9. The van der Waals surface area contributed by atoms with Crippen molar-refractivity contribution in [3.8, 4) is 0 Å². The molecule has 0 unspecified atom stereocenters. The first-order chi connectivity index (χ1) is 10.6. The SMILES string of the molecule is [CH2][C@H]1O[C@H](OC)[C@H](OC)[C@@H](OC)[C@H]1OC(=O)c1ccccc1. The first kappa shape index (κ1) is 16.9. The number of carbonyl (C=O) groups excluding carboxylic acids is 1. The lowest BCUT2D eigenvalue weighted by molar-refractivity contribution is -0.289. The molecule has 1 saturated heterocycles. The lowest BCUT2D eigenvalue weighted by Crippen LogP contribution is -2.59. The predicted octanol–water partition coefficient (Wildman–Crippen LogP) is 1.45. The minimum absolute atomic E-state index is 0.451. The highest BCUT2D eigenvalue weighted by molar-refractivity contribution is 5.89. The Morgan fingerprint density at radius 1 is 1.00 bits per heavy atom. The summed E-state index contributed by atoms with van der Waals surface area (Å²) in [7, 11) is 4.54. The van der Waals surface area contributed by atoms with Crippen LogP contribution in [0, 0.1) is 6.92 Å². The van der Waals surface area contributed by atoms with E-state index in [2.05, 4.69) is 6.92 Å². The van der Waals surface area contributed by atoms with Crippen molar-refractivity contribution in [3.05, 3.63) is 42.8 Å². The van der Waals surface area contributed by atoms with Crippen molar-refractivity contribution in [1.29, 1.82) is 0 Å². The van der Waals surface area contributed by atoms with E-state index in [1.165, 1.54) is 21.3 Å². The van der Waals surface area contributed by atoms with Gasteiger partial charge in [-0.3, -0.25) is 0 Å². The Labute approximate surface area is 130 Å². The summed E-state index contributed by atoms with van der Waals surface area (Å²) in [6.07, 6.45) is -3.03. The largest absolute Gasteiger partial charge is 0.453 e. The summed E-state index contributed by atoms with van der Waals surface area (Å²) in [5.41, 5.74) is 0.451. The average molecular weight is 309 g/mol. The molecule has 121 valence electrons. The number of rotatable bonds is 5. The Kier molecular flexibility index (Phi) is 5.90. The fraction of sp³-hybridized carbons (Fsp3) is 0.500. The molecule has 2 rings (SSSR count). The minimum Gasteiger partial charge on any atom is -0.453 e. The Bertz CT molecular complexity index is 477. The van der Waals surface area contributed by atoms with Crippen molar-refractivity contribution >= 4 is 5.97 Å². The van der Waals surface area contributed by atoms with Gasteiger partial charge in [0.1, 0.15) is 18.3 Å². The van der Waals surface area contributed by atoms with E-state index in [0.717, 1.165) is 0 Å². The van der Waals surface area contributed by atoms with Crippen LogP contribution < -0.4 is 0 Å². The second-order valence-corrected chi connectivity index (χ2v) is 4.92. The number of carbonyl (C=O) groups is 1. The van der Waals surface area contributed by atoms with Crippen molar-refractivity contribution in [3.63, 3.8) is 0 Å². The summed E-state index contributed by atoms with van der Waals surface area (Å²) in [4.78, 5) is 12.2. The second kappa shape index (κ2) is 7.69. The van der Waals surface area contributed by atoms with E-state index in [-0.39, 0.29) is 0 Å². The molecule has 1 aromatic carbocycles. The number of methoxy groups -OCH3 is 3. The molecule has 1 aliphatic heterocycles. The molecule has 1 aliphatic rings. The molecule has 22 heavy (non-hydrogen) atoms. The third kappa shape index (κ3) is 3.47. The van der Waals surface area contributed by atoms with Gasteiger partial charge in [0.2, 0.25) is 0 Å². The van der Waals surface area contributed by atoms with Crippen LogP contribution >= 0.6 is 0 Å². The first-order valence-electron chi connectivity index (χ1n) is 6.95. The van der Waals surface area contributed by atoms with Crippen LogP contribution in [0.5, 0.6) is 0 Å². The monoisotopic (exact) mass is 309 g/mol. The molecule has 1 heterocycles. The third-order valence-electron chi connectivity index (χ3n) is 3.62. The van der Waals surface area contributed by atoms with Gasteiger partial charge in [-0.2, -0.15) is 0 Å². The molecular formula is C16H21O6. The number of hydrogen-bond donors (Lipinski definition) is 0. The molecular weight excluding hydrogens is 288 g/mol. The van der Waals surface area contributed by atoms with Crippen molar-refractivity contribution in [2.75, 3.05) is 21.3 Å². The van der Waals surface area contributed by atoms with Gasteiger partial charge in [0.05, 0.1) is 5.56 Å². The maximum Gasteiger partial charge on any atom is 0.338 e. The molecule has 5 atom stereocenters. The standard InChI is InChI=1S/C16H21O6/c1-10-12(22-15(17)11-8-6-5-7-9-11)13(18-2)14(19-3)16(20-4)21-10/h5-10,12-14,16H,1H2,2-4H3/t10-,12+,13+,14-,16+/m1/s1. The van der Waals surface area contributed by atoms with Gasteiger partial charge in [0, 0.05) is 21.3 Å². The number of ether oxygens (including phenoxy) is 5. The molecule has 0 saturated carbocycles. The van der Waals surface area contributed by atoms with Gasteiger partial charge in [-0.15, -0.1) is 0 Å². The first-order valence-corrected chi connectivity index (χ1v) is 6.95. The topological polar surface area (TPSA) is 63.2 Å². The van der Waals surface area contributed by atoms with Crippen LogP contribution in [0.2, 0.25) is 0 Å². The molecule has 0 spiro atoms. The van der Waals surface area contributed by atoms with Gasteiger partial charge in [0.15, 0.2) is 12.4 Å². The lowest BCUT2D eigenvalue weighted by atomic mass is 9.99. The number of benzene rings is 1. The van der Waals surface area contributed by atoms with Crippen LogP contribution in [-0.2, 0) is 23.7 Å². The van der Waals surface area contributed by atoms with Gasteiger partial charge in [-0.1, -0.05) is 18.2 Å². The minimum atomic E-state index is -0.700. The van der Waals surface area contributed by atoms with Crippen LogP contribution in [0.15, 0.2) is 30.3 Å². The lowest BCUT2D eigenvalue weighted by Gasteiger charge is -2.43. The summed E-state index contributed by atoms with van der Waals surface area (Å²) < 4.78 is 27.2. The highest BCUT2D eigenvalue weighted by atomic mass is 16.7. The molecule has 6 nitrogen and oxygen atoms in total. The average Bonchev–Trinajstić information content (AvgIpc) is 2.56. The predicted molar refractivity (Wildman–Crippen MR) is 78.3 cm³/mol. The molecule has 0 bridgehead atoms. The molecule has 0 N–H and O–H groups in total. The molecule has 0 aromatic heterocycles. The Balaban J connectivity index is 2.15.